The highest BCUT2D eigenvalue weighted by Crippen LogP contribution is 2.60. The van der Waals surface area contributed by atoms with Gasteiger partial charge >= 0.3 is 0 Å². The van der Waals surface area contributed by atoms with Gasteiger partial charge in [0.2, 0.25) is 5.79 Å². The van der Waals surface area contributed by atoms with Crippen molar-refractivity contribution in [2.75, 3.05) is 31.1 Å². The maximum Gasteiger partial charge on any atom is 0.201 e. The van der Waals surface area contributed by atoms with Crippen molar-refractivity contribution >= 4 is 17.3 Å². The van der Waals surface area contributed by atoms with Gasteiger partial charge in [-0.25, -0.2) is 9.78 Å². The molecule has 6 aliphatic rings. The minimum Gasteiger partial charge on any atom is -0.369 e. The van der Waals surface area contributed by atoms with E-state index in [1.807, 2.05) is 19.1 Å². The fourth-order valence-corrected chi connectivity index (χ4v) is 8.26. The van der Waals surface area contributed by atoms with Crippen LogP contribution in [-0.2, 0) is 37.1 Å². The van der Waals surface area contributed by atoms with Gasteiger partial charge in [-0.1, -0.05) is 49.7 Å². The molecule has 1 spiro atoms. The Labute approximate surface area is 248 Å². The summed E-state index contributed by atoms with van der Waals surface area (Å²) in [5, 5.41) is 0.782. The Balaban J connectivity index is 0.979. The van der Waals surface area contributed by atoms with Crippen LogP contribution in [0.1, 0.15) is 57.6 Å². The molecule has 8 atom stereocenters. The fraction of sp³-hybridized carbons (Fsp3) is 0.636. The quantitative estimate of drug-likeness (QED) is 0.366. The molecule has 5 saturated heterocycles. The highest BCUT2D eigenvalue weighted by molar-refractivity contribution is 6.30. The molecule has 5 aliphatic heterocycles. The van der Waals surface area contributed by atoms with E-state index in [1.54, 1.807) is 0 Å². The molecule has 8 rings (SSSR count). The van der Waals surface area contributed by atoms with Gasteiger partial charge in [-0.3, -0.25) is 4.90 Å². The smallest absolute Gasteiger partial charge is 0.201 e. The molecule has 2 aromatic carbocycles. The summed E-state index contributed by atoms with van der Waals surface area (Å²) in [4.78, 5) is 17.2. The molecule has 6 fully saturated rings. The van der Waals surface area contributed by atoms with Crippen molar-refractivity contribution in [3.63, 3.8) is 0 Å². The minimum absolute atomic E-state index is 0.177. The number of anilines is 1. The van der Waals surface area contributed by atoms with E-state index < -0.39 is 17.7 Å². The monoisotopic (exact) mass is 582 g/mol. The summed E-state index contributed by atoms with van der Waals surface area (Å²) in [5.41, 5.74) is 3.18. The van der Waals surface area contributed by atoms with Crippen LogP contribution in [0.3, 0.4) is 0 Å². The van der Waals surface area contributed by atoms with Crippen molar-refractivity contribution in [3.05, 3.63) is 64.7 Å². The van der Waals surface area contributed by atoms with Crippen molar-refractivity contribution in [2.45, 2.75) is 83.6 Å². The molecule has 2 bridgehead atoms. The lowest BCUT2D eigenvalue weighted by Gasteiger charge is -2.60. The van der Waals surface area contributed by atoms with Gasteiger partial charge in [0.1, 0.15) is 0 Å². The van der Waals surface area contributed by atoms with Crippen molar-refractivity contribution in [1.29, 1.82) is 0 Å². The van der Waals surface area contributed by atoms with Gasteiger partial charge in [0.15, 0.2) is 18.2 Å². The molecular formula is C33H43ClN2O5. The normalized spacial score (nSPS) is 38.9. The summed E-state index contributed by atoms with van der Waals surface area (Å²) in [7, 11) is 0. The minimum atomic E-state index is -0.767. The van der Waals surface area contributed by atoms with Crippen LogP contribution in [0.2, 0.25) is 5.02 Å². The highest BCUT2D eigenvalue weighted by atomic mass is 35.5. The summed E-state index contributed by atoms with van der Waals surface area (Å²) in [6, 6.07) is 16.9. The largest absolute Gasteiger partial charge is 0.369 e. The third-order valence-corrected chi connectivity index (χ3v) is 10.7. The van der Waals surface area contributed by atoms with Gasteiger partial charge in [0, 0.05) is 61.7 Å². The average molecular weight is 583 g/mol. The first-order valence-corrected chi connectivity index (χ1v) is 15.8. The molecule has 8 heteroatoms. The lowest BCUT2D eigenvalue weighted by molar-refractivity contribution is -0.577. The zero-order chi connectivity index (χ0) is 28.2. The Morgan fingerprint density at radius 2 is 1.71 bits per heavy atom. The van der Waals surface area contributed by atoms with E-state index in [0.29, 0.717) is 18.4 Å². The van der Waals surface area contributed by atoms with Crippen LogP contribution in [0.25, 0.3) is 0 Å². The zero-order valence-electron chi connectivity index (χ0n) is 24.5. The first kappa shape index (κ1) is 28.1. The fourth-order valence-electron chi connectivity index (χ4n) is 8.13. The maximum atomic E-state index is 6.61. The van der Waals surface area contributed by atoms with Gasteiger partial charge in [-0.15, -0.1) is 0 Å². The average Bonchev–Trinajstić information content (AvgIpc) is 3.21. The molecular weight excluding hydrogens is 540 g/mol. The van der Waals surface area contributed by atoms with E-state index in [1.165, 1.54) is 23.2 Å². The SMILES string of the molecule is C[C@H]1[C@@H](OCc2cccc(CN3CCN(c4ccc(Cl)cc4)CC3)c2)O[C@@H]2O[C@@]3(C)CC[C@H]4[C@H](C)CC[C@@H]1[C@@]24OO3. The number of piperazine rings is 1. The Bertz CT molecular complexity index is 1220. The second-order valence-corrected chi connectivity index (χ2v) is 13.6. The molecule has 7 nitrogen and oxygen atoms in total. The third-order valence-electron chi connectivity index (χ3n) is 10.5. The zero-order valence-corrected chi connectivity index (χ0v) is 25.2. The number of rotatable bonds is 6. The van der Waals surface area contributed by atoms with Crippen molar-refractivity contribution < 1.29 is 24.0 Å². The predicted octanol–water partition coefficient (Wildman–Crippen LogP) is 6.39. The molecule has 2 aromatic rings. The standard InChI is InChI=1S/C33H43ClN2O5/c1-22-7-12-29-23(2)30(38-31-33(29)28(22)13-14-32(3,39-31)40-41-33)37-21-25-6-4-5-24(19-25)20-35-15-17-36(18-16-35)27-10-8-26(34)9-11-27/h4-6,8-11,19,22-23,28-31H,7,12-18,20-21H2,1-3H3/t22-,23-,28+,29+,30+,31-,32-,33-/m1/s1. The number of benzene rings is 2. The molecule has 222 valence electrons. The molecule has 5 heterocycles. The highest BCUT2D eigenvalue weighted by Gasteiger charge is 2.69. The molecule has 0 N–H and O–H groups in total. The van der Waals surface area contributed by atoms with Gasteiger partial charge in [0.05, 0.1) is 6.61 Å². The van der Waals surface area contributed by atoms with Crippen molar-refractivity contribution in [3.8, 4) is 0 Å². The lowest BCUT2D eigenvalue weighted by atomic mass is 9.58. The number of ether oxygens (including phenoxy) is 3. The molecule has 1 aliphatic carbocycles. The summed E-state index contributed by atoms with van der Waals surface area (Å²) >= 11 is 6.07. The van der Waals surface area contributed by atoms with Crippen LogP contribution in [0, 0.1) is 23.7 Å². The van der Waals surface area contributed by atoms with Crippen LogP contribution in [-0.4, -0.2) is 55.0 Å². The third kappa shape index (κ3) is 5.22. The number of hydrogen-bond acceptors (Lipinski definition) is 7. The van der Waals surface area contributed by atoms with E-state index in [2.05, 4.69) is 60.0 Å². The van der Waals surface area contributed by atoms with E-state index in [0.717, 1.165) is 57.0 Å². The van der Waals surface area contributed by atoms with E-state index in [-0.39, 0.29) is 18.1 Å². The van der Waals surface area contributed by atoms with E-state index >= 15 is 0 Å². The second kappa shape index (κ2) is 11.1. The van der Waals surface area contributed by atoms with Crippen LogP contribution < -0.4 is 4.90 Å². The van der Waals surface area contributed by atoms with Crippen LogP contribution in [0.4, 0.5) is 5.69 Å². The topological polar surface area (TPSA) is 52.6 Å². The van der Waals surface area contributed by atoms with Gasteiger partial charge in [-0.2, -0.15) is 0 Å². The Kier molecular flexibility index (Phi) is 7.60. The summed E-state index contributed by atoms with van der Waals surface area (Å²) in [5.74, 6) is 0.600. The van der Waals surface area contributed by atoms with Crippen LogP contribution in [0.15, 0.2) is 48.5 Å². The molecule has 41 heavy (non-hydrogen) atoms. The van der Waals surface area contributed by atoms with Crippen LogP contribution >= 0.6 is 11.6 Å². The van der Waals surface area contributed by atoms with E-state index in [4.69, 9.17) is 35.6 Å². The number of hydrogen-bond donors (Lipinski definition) is 0. The first-order valence-electron chi connectivity index (χ1n) is 15.5. The summed E-state index contributed by atoms with van der Waals surface area (Å²) < 4.78 is 19.6. The first-order chi connectivity index (χ1) is 19.8. The second-order valence-electron chi connectivity index (χ2n) is 13.1. The predicted molar refractivity (Wildman–Crippen MR) is 157 cm³/mol. The number of fused-ring (bicyclic) bond motifs is 2. The molecule has 0 unspecified atom stereocenters. The van der Waals surface area contributed by atoms with Gasteiger partial charge < -0.3 is 19.1 Å². The van der Waals surface area contributed by atoms with Gasteiger partial charge in [0.25, 0.3) is 0 Å². The molecule has 0 aromatic heterocycles. The van der Waals surface area contributed by atoms with Crippen molar-refractivity contribution in [1.82, 2.24) is 4.90 Å². The number of halogens is 1. The molecule has 0 amide bonds. The molecule has 1 saturated carbocycles. The van der Waals surface area contributed by atoms with Crippen molar-refractivity contribution in [2.24, 2.45) is 23.7 Å². The summed E-state index contributed by atoms with van der Waals surface area (Å²) in [6.45, 7) is 12.1. The van der Waals surface area contributed by atoms with Gasteiger partial charge in [-0.05, 0) is 73.4 Å². The Morgan fingerprint density at radius 1 is 0.927 bits per heavy atom. The lowest BCUT2D eigenvalue weighted by Crippen LogP contribution is -2.70. The number of nitrogens with zero attached hydrogens (tertiary/aromatic N) is 2. The maximum absolute atomic E-state index is 6.61. The Hall–Kier alpha value is -1.71. The summed E-state index contributed by atoms with van der Waals surface area (Å²) in [6.07, 6.45) is 3.30. The van der Waals surface area contributed by atoms with Crippen LogP contribution in [0.5, 0.6) is 0 Å². The van der Waals surface area contributed by atoms with E-state index in [9.17, 15) is 0 Å². The Morgan fingerprint density at radius 3 is 2.51 bits per heavy atom. The molecule has 0 radical (unpaired) electrons.